The van der Waals surface area contributed by atoms with Crippen LogP contribution in [-0.4, -0.2) is 21.8 Å². The van der Waals surface area contributed by atoms with Crippen molar-refractivity contribution in [3.05, 3.63) is 15.3 Å². The SMILES string of the molecule is CS(C)=O.O=[N+]([O-])[O-].[Ag+]. The van der Waals surface area contributed by atoms with Crippen LogP contribution >= 0.6 is 0 Å². The summed E-state index contributed by atoms with van der Waals surface area (Å²) in [5.41, 5.74) is 0. The van der Waals surface area contributed by atoms with Gasteiger partial charge in [-0.15, -0.1) is 0 Å². The van der Waals surface area contributed by atoms with Crippen LogP contribution in [0.1, 0.15) is 0 Å². The van der Waals surface area contributed by atoms with Crippen LogP contribution in [0.2, 0.25) is 0 Å². The first-order valence-electron chi connectivity index (χ1n) is 1.53. The van der Waals surface area contributed by atoms with Crippen molar-refractivity contribution in [2.75, 3.05) is 12.5 Å². The quantitative estimate of drug-likeness (QED) is 0.336. The molecule has 0 aromatic heterocycles. The Labute approximate surface area is 70.5 Å². The molecule has 0 N–H and O–H groups in total. The summed E-state index contributed by atoms with van der Waals surface area (Å²) in [6.07, 6.45) is 3.28. The van der Waals surface area contributed by atoms with Crippen molar-refractivity contribution in [1.82, 2.24) is 0 Å². The number of nitrogens with zero attached hydrogens (tertiary/aromatic N) is 1. The van der Waals surface area contributed by atoms with E-state index < -0.39 is 15.9 Å². The normalized spacial score (nSPS) is 6.56. The van der Waals surface area contributed by atoms with E-state index in [9.17, 15) is 4.21 Å². The summed E-state index contributed by atoms with van der Waals surface area (Å²) in [5.74, 6) is 0. The van der Waals surface area contributed by atoms with Crippen LogP contribution in [0.15, 0.2) is 0 Å². The van der Waals surface area contributed by atoms with Gasteiger partial charge in [0.2, 0.25) is 0 Å². The molecule has 0 bridgehead atoms. The van der Waals surface area contributed by atoms with Gasteiger partial charge in [0.05, 0.1) is 5.09 Å². The third kappa shape index (κ3) is 36800. The minimum Gasteiger partial charge on any atom is -0.356 e. The average Bonchev–Trinajstić information content (AvgIpc) is 1.25. The van der Waals surface area contributed by atoms with Gasteiger partial charge in [-0.25, -0.2) is 0 Å². The van der Waals surface area contributed by atoms with E-state index in [0.29, 0.717) is 0 Å². The molecule has 0 amide bonds. The second-order valence-electron chi connectivity index (χ2n) is 0.965. The topological polar surface area (TPSA) is 83.3 Å². The van der Waals surface area contributed by atoms with E-state index in [-0.39, 0.29) is 22.4 Å². The molecule has 0 spiro atoms. The Bertz CT molecular complexity index is 76.6. The van der Waals surface area contributed by atoms with Crippen molar-refractivity contribution < 1.29 is 31.7 Å². The molecule has 0 fully saturated rings. The zero-order valence-corrected chi connectivity index (χ0v) is 7.09. The molecule has 0 atom stereocenters. The molecule has 0 saturated heterocycles. The maximum Gasteiger partial charge on any atom is 1.00 e. The molecule has 0 aromatic rings. The minimum absolute atomic E-state index is 0. The first-order valence-corrected chi connectivity index (χ1v) is 3.50. The molecular formula is C2H6AgNO4S. The Balaban J connectivity index is -0.0000000720. The summed E-state index contributed by atoms with van der Waals surface area (Å²) in [7, 11) is -0.611. The molecule has 60 valence electrons. The van der Waals surface area contributed by atoms with Crippen LogP contribution in [0.4, 0.5) is 0 Å². The standard InChI is InChI=1S/C2H6OS.Ag.NO3/c1-4(2)3;;2-1(3)4/h1-2H3;;/q;+1;-1. The molecule has 0 aliphatic heterocycles. The van der Waals surface area contributed by atoms with Gasteiger partial charge < -0.3 is 15.3 Å². The van der Waals surface area contributed by atoms with Crippen LogP contribution in [0.5, 0.6) is 0 Å². The number of hydrogen-bond acceptors (Lipinski definition) is 4. The third-order valence-corrected chi connectivity index (χ3v) is 0. The molecule has 0 aromatic carbocycles. The number of rotatable bonds is 0. The smallest absolute Gasteiger partial charge is 0.356 e. The van der Waals surface area contributed by atoms with Crippen molar-refractivity contribution in [1.29, 1.82) is 0 Å². The van der Waals surface area contributed by atoms with Crippen molar-refractivity contribution in [3.8, 4) is 0 Å². The van der Waals surface area contributed by atoms with Gasteiger partial charge in [-0.05, 0) is 0 Å². The zero-order valence-electron chi connectivity index (χ0n) is 4.79. The van der Waals surface area contributed by atoms with E-state index in [1.54, 1.807) is 12.5 Å². The molecule has 0 rings (SSSR count). The van der Waals surface area contributed by atoms with Gasteiger partial charge in [0.1, 0.15) is 0 Å². The van der Waals surface area contributed by atoms with E-state index in [1.807, 2.05) is 0 Å². The summed E-state index contributed by atoms with van der Waals surface area (Å²) < 4.78 is 9.56. The van der Waals surface area contributed by atoms with Crippen molar-refractivity contribution >= 4 is 10.8 Å². The Kier molecular flexibility index (Phi) is 19.5. The molecule has 9 heavy (non-hydrogen) atoms. The Hall–Kier alpha value is 0.0903. The molecule has 0 aliphatic rings. The summed E-state index contributed by atoms with van der Waals surface area (Å²) in [6.45, 7) is 0. The van der Waals surface area contributed by atoms with Crippen molar-refractivity contribution in [2.24, 2.45) is 0 Å². The van der Waals surface area contributed by atoms with Crippen LogP contribution < -0.4 is 0 Å². The van der Waals surface area contributed by atoms with Gasteiger partial charge in [0.25, 0.3) is 0 Å². The zero-order chi connectivity index (χ0) is 7.15. The van der Waals surface area contributed by atoms with Gasteiger partial charge >= 0.3 is 22.4 Å². The molecule has 7 heteroatoms. The van der Waals surface area contributed by atoms with E-state index in [1.165, 1.54) is 0 Å². The monoisotopic (exact) mass is 247 g/mol. The second-order valence-corrected chi connectivity index (χ2v) is 2.45. The molecule has 0 heterocycles. The van der Waals surface area contributed by atoms with Crippen molar-refractivity contribution in [3.63, 3.8) is 0 Å². The predicted molar refractivity (Wildman–Crippen MR) is 30.4 cm³/mol. The molecule has 0 unspecified atom stereocenters. The van der Waals surface area contributed by atoms with Gasteiger partial charge in [-0.2, -0.15) is 0 Å². The predicted octanol–water partition coefficient (Wildman–Crippen LogP) is -0.247. The maximum atomic E-state index is 9.56. The first-order chi connectivity index (χ1) is 3.46. The molecule has 5 nitrogen and oxygen atoms in total. The van der Waals surface area contributed by atoms with Gasteiger partial charge in [-0.1, -0.05) is 0 Å². The summed E-state index contributed by atoms with van der Waals surface area (Å²) in [5, 5.41) is 14.8. The van der Waals surface area contributed by atoms with E-state index in [2.05, 4.69) is 0 Å². The fraction of sp³-hybridized carbons (Fsp3) is 1.00. The first kappa shape index (κ1) is 16.0. The van der Waals surface area contributed by atoms with E-state index >= 15 is 0 Å². The fourth-order valence-corrected chi connectivity index (χ4v) is 0. The summed E-state index contributed by atoms with van der Waals surface area (Å²) >= 11 is 0. The van der Waals surface area contributed by atoms with Crippen LogP contribution in [-0.2, 0) is 33.2 Å². The Morgan fingerprint density at radius 2 is 1.33 bits per heavy atom. The molecule has 0 radical (unpaired) electrons. The third-order valence-electron chi connectivity index (χ3n) is 0. The fourth-order valence-electron chi connectivity index (χ4n) is 0. The van der Waals surface area contributed by atoms with Crippen molar-refractivity contribution in [2.45, 2.75) is 0 Å². The molecular weight excluding hydrogens is 242 g/mol. The minimum atomic E-state index is -1.75. The molecule has 0 saturated carbocycles. The molecule has 0 aliphatic carbocycles. The van der Waals surface area contributed by atoms with E-state index in [4.69, 9.17) is 15.3 Å². The Morgan fingerprint density at radius 1 is 1.33 bits per heavy atom. The summed E-state index contributed by atoms with van der Waals surface area (Å²) in [6, 6.07) is 0. The second kappa shape index (κ2) is 11.0. The van der Waals surface area contributed by atoms with Gasteiger partial charge in [-0.3, -0.25) is 4.21 Å². The maximum absolute atomic E-state index is 9.56. The summed E-state index contributed by atoms with van der Waals surface area (Å²) in [4.78, 5) is 8.25. The average molecular weight is 248 g/mol. The van der Waals surface area contributed by atoms with Crippen LogP contribution in [0.25, 0.3) is 0 Å². The largest absolute Gasteiger partial charge is 1.00 e. The number of hydrogen-bond donors (Lipinski definition) is 0. The van der Waals surface area contributed by atoms with Crippen LogP contribution in [0.3, 0.4) is 0 Å². The van der Waals surface area contributed by atoms with E-state index in [0.717, 1.165) is 0 Å². The van der Waals surface area contributed by atoms with Crippen LogP contribution in [0, 0.1) is 15.3 Å². The van der Waals surface area contributed by atoms with Gasteiger partial charge in [0.15, 0.2) is 0 Å². The van der Waals surface area contributed by atoms with Gasteiger partial charge in [0, 0.05) is 23.3 Å². The Morgan fingerprint density at radius 3 is 1.33 bits per heavy atom.